The number of nitrogens with zero attached hydrogens (tertiary/aromatic N) is 4. The summed E-state index contributed by atoms with van der Waals surface area (Å²) in [7, 11) is 1.61. The van der Waals surface area contributed by atoms with E-state index in [0.717, 1.165) is 24.7 Å². The molecule has 0 aliphatic carbocycles. The molecule has 0 aromatic carbocycles. The van der Waals surface area contributed by atoms with Crippen molar-refractivity contribution in [2.75, 3.05) is 51.4 Å². The summed E-state index contributed by atoms with van der Waals surface area (Å²) in [6, 6.07) is 1.88. The van der Waals surface area contributed by atoms with Crippen molar-refractivity contribution >= 4 is 11.9 Å². The molecule has 0 radical (unpaired) electrons. The van der Waals surface area contributed by atoms with Crippen molar-refractivity contribution in [3.63, 3.8) is 0 Å². The zero-order valence-electron chi connectivity index (χ0n) is 13.6. The zero-order valence-corrected chi connectivity index (χ0v) is 13.6. The van der Waals surface area contributed by atoms with Gasteiger partial charge < -0.3 is 19.3 Å². The fourth-order valence-electron chi connectivity index (χ4n) is 3.01. The SMILES string of the molecule is COCCC(=O)N1CCO[C@@H](c2ccnc(N3CCCC3)n2)C1. The minimum atomic E-state index is -0.181. The van der Waals surface area contributed by atoms with Gasteiger partial charge in [0.05, 0.1) is 31.9 Å². The third kappa shape index (κ3) is 3.97. The average Bonchev–Trinajstić information content (AvgIpc) is 3.14. The maximum Gasteiger partial charge on any atom is 0.225 e. The maximum absolute atomic E-state index is 12.2. The molecule has 0 saturated carbocycles. The molecule has 3 heterocycles. The van der Waals surface area contributed by atoms with E-state index in [1.165, 1.54) is 12.8 Å². The van der Waals surface area contributed by atoms with E-state index in [4.69, 9.17) is 9.47 Å². The van der Waals surface area contributed by atoms with Crippen LogP contribution in [0.2, 0.25) is 0 Å². The van der Waals surface area contributed by atoms with Gasteiger partial charge in [0.25, 0.3) is 0 Å². The van der Waals surface area contributed by atoms with Gasteiger partial charge in [-0.15, -0.1) is 0 Å². The Balaban J connectivity index is 1.66. The Hall–Kier alpha value is -1.73. The van der Waals surface area contributed by atoms with Gasteiger partial charge >= 0.3 is 0 Å². The maximum atomic E-state index is 12.2. The highest BCUT2D eigenvalue weighted by Crippen LogP contribution is 2.23. The zero-order chi connectivity index (χ0) is 16.1. The summed E-state index contributed by atoms with van der Waals surface area (Å²) < 4.78 is 10.8. The first-order valence-corrected chi connectivity index (χ1v) is 8.24. The van der Waals surface area contributed by atoms with Crippen LogP contribution < -0.4 is 4.90 Å². The highest BCUT2D eigenvalue weighted by Gasteiger charge is 2.27. The van der Waals surface area contributed by atoms with E-state index in [1.807, 2.05) is 11.0 Å². The highest BCUT2D eigenvalue weighted by molar-refractivity contribution is 5.76. The Morgan fingerprint density at radius 2 is 2.22 bits per heavy atom. The molecule has 2 fully saturated rings. The average molecular weight is 320 g/mol. The van der Waals surface area contributed by atoms with Gasteiger partial charge in [-0.2, -0.15) is 0 Å². The summed E-state index contributed by atoms with van der Waals surface area (Å²) in [4.78, 5) is 25.2. The molecule has 2 saturated heterocycles. The van der Waals surface area contributed by atoms with Crippen molar-refractivity contribution in [3.8, 4) is 0 Å². The number of rotatable bonds is 5. The second kappa shape index (κ2) is 7.70. The van der Waals surface area contributed by atoms with E-state index in [2.05, 4.69) is 14.9 Å². The van der Waals surface area contributed by atoms with Crippen LogP contribution in [0.25, 0.3) is 0 Å². The lowest BCUT2D eigenvalue weighted by Gasteiger charge is -2.33. The monoisotopic (exact) mass is 320 g/mol. The minimum absolute atomic E-state index is 0.106. The van der Waals surface area contributed by atoms with E-state index in [-0.39, 0.29) is 12.0 Å². The van der Waals surface area contributed by atoms with Gasteiger partial charge in [-0.05, 0) is 18.9 Å². The number of anilines is 1. The van der Waals surface area contributed by atoms with E-state index in [9.17, 15) is 4.79 Å². The number of amides is 1. The van der Waals surface area contributed by atoms with Gasteiger partial charge in [0.15, 0.2) is 0 Å². The van der Waals surface area contributed by atoms with E-state index in [1.54, 1.807) is 13.3 Å². The molecule has 2 aliphatic rings. The molecule has 0 spiro atoms. The summed E-state index contributed by atoms with van der Waals surface area (Å²) in [6.07, 6.45) is 4.39. The summed E-state index contributed by atoms with van der Waals surface area (Å²) in [5, 5.41) is 0. The Morgan fingerprint density at radius 1 is 1.39 bits per heavy atom. The normalized spacial score (nSPS) is 21.7. The lowest BCUT2D eigenvalue weighted by molar-refractivity contribution is -0.140. The van der Waals surface area contributed by atoms with Gasteiger partial charge in [-0.3, -0.25) is 4.79 Å². The molecular formula is C16H24N4O3. The van der Waals surface area contributed by atoms with Gasteiger partial charge in [-0.1, -0.05) is 0 Å². The second-order valence-corrected chi connectivity index (χ2v) is 5.92. The Bertz CT molecular complexity index is 534. The molecule has 1 aromatic heterocycles. The molecule has 7 heteroatoms. The third-order valence-electron chi connectivity index (χ3n) is 4.32. The van der Waals surface area contributed by atoms with Crippen LogP contribution in [0.15, 0.2) is 12.3 Å². The number of methoxy groups -OCH3 is 1. The van der Waals surface area contributed by atoms with Gasteiger partial charge in [0, 0.05) is 32.9 Å². The van der Waals surface area contributed by atoms with Gasteiger partial charge in [-0.25, -0.2) is 9.97 Å². The molecule has 2 aliphatic heterocycles. The number of carbonyl (C=O) groups is 1. The van der Waals surface area contributed by atoms with E-state index >= 15 is 0 Å². The molecule has 1 atom stereocenters. The van der Waals surface area contributed by atoms with Crippen molar-refractivity contribution in [3.05, 3.63) is 18.0 Å². The molecule has 1 amide bonds. The number of hydrogen-bond donors (Lipinski definition) is 0. The fourth-order valence-corrected chi connectivity index (χ4v) is 3.01. The molecule has 0 bridgehead atoms. The molecule has 1 aromatic rings. The number of ether oxygens (including phenoxy) is 2. The predicted molar refractivity (Wildman–Crippen MR) is 85.2 cm³/mol. The van der Waals surface area contributed by atoms with Crippen molar-refractivity contribution < 1.29 is 14.3 Å². The number of carbonyl (C=O) groups excluding carboxylic acids is 1. The molecule has 0 N–H and O–H groups in total. The fraction of sp³-hybridized carbons (Fsp3) is 0.688. The Kier molecular flexibility index (Phi) is 5.40. The topological polar surface area (TPSA) is 67.8 Å². The smallest absolute Gasteiger partial charge is 0.225 e. The summed E-state index contributed by atoms with van der Waals surface area (Å²) in [5.74, 6) is 0.875. The lowest BCUT2D eigenvalue weighted by Crippen LogP contribution is -2.42. The largest absolute Gasteiger partial charge is 0.384 e. The first kappa shape index (κ1) is 16.1. The third-order valence-corrected chi connectivity index (χ3v) is 4.32. The van der Waals surface area contributed by atoms with Crippen LogP contribution in [0, 0.1) is 0 Å². The van der Waals surface area contributed by atoms with Gasteiger partial charge in [0.1, 0.15) is 6.10 Å². The van der Waals surface area contributed by atoms with Crippen molar-refractivity contribution in [1.29, 1.82) is 0 Å². The standard InChI is InChI=1S/C16H24N4O3/c1-22-10-5-15(21)20-9-11-23-14(12-20)13-4-6-17-16(18-13)19-7-2-3-8-19/h4,6,14H,2-3,5,7-12H2,1H3/t14-/m1/s1. The van der Waals surface area contributed by atoms with Gasteiger partial charge in [0.2, 0.25) is 11.9 Å². The first-order chi connectivity index (χ1) is 11.3. The second-order valence-electron chi connectivity index (χ2n) is 5.92. The number of morpholine rings is 1. The lowest BCUT2D eigenvalue weighted by atomic mass is 10.2. The molecule has 126 valence electrons. The van der Waals surface area contributed by atoms with Crippen molar-refractivity contribution in [1.82, 2.24) is 14.9 Å². The first-order valence-electron chi connectivity index (χ1n) is 8.24. The Labute approximate surface area is 136 Å². The van der Waals surface area contributed by atoms with Crippen molar-refractivity contribution in [2.45, 2.75) is 25.4 Å². The van der Waals surface area contributed by atoms with Crippen LogP contribution in [0.4, 0.5) is 5.95 Å². The van der Waals surface area contributed by atoms with Crippen LogP contribution >= 0.6 is 0 Å². The van der Waals surface area contributed by atoms with Crippen LogP contribution in [0.1, 0.15) is 31.1 Å². The van der Waals surface area contributed by atoms with E-state index < -0.39 is 0 Å². The molecular weight excluding hydrogens is 296 g/mol. The molecule has 3 rings (SSSR count). The summed E-state index contributed by atoms with van der Waals surface area (Å²) >= 11 is 0. The number of aromatic nitrogens is 2. The van der Waals surface area contributed by atoms with Crippen LogP contribution in [-0.2, 0) is 14.3 Å². The summed E-state index contributed by atoms with van der Waals surface area (Å²) in [5.41, 5.74) is 0.853. The van der Waals surface area contributed by atoms with Crippen LogP contribution in [-0.4, -0.2) is 67.3 Å². The predicted octanol–water partition coefficient (Wildman–Crippen LogP) is 1.01. The van der Waals surface area contributed by atoms with E-state index in [0.29, 0.717) is 32.7 Å². The highest BCUT2D eigenvalue weighted by atomic mass is 16.5. The molecule has 7 nitrogen and oxygen atoms in total. The minimum Gasteiger partial charge on any atom is -0.384 e. The quantitative estimate of drug-likeness (QED) is 0.807. The van der Waals surface area contributed by atoms with Crippen molar-refractivity contribution in [2.24, 2.45) is 0 Å². The van der Waals surface area contributed by atoms with Crippen LogP contribution in [0.5, 0.6) is 0 Å². The molecule has 0 unspecified atom stereocenters. The Morgan fingerprint density at radius 3 is 3.00 bits per heavy atom. The molecule has 23 heavy (non-hydrogen) atoms. The van der Waals surface area contributed by atoms with Crippen LogP contribution in [0.3, 0.4) is 0 Å². The number of hydrogen-bond acceptors (Lipinski definition) is 6. The summed E-state index contributed by atoms with van der Waals surface area (Å²) in [6.45, 7) is 4.18.